The third-order valence-corrected chi connectivity index (χ3v) is 4.72. The highest BCUT2D eigenvalue weighted by Gasteiger charge is 2.22. The highest BCUT2D eigenvalue weighted by Crippen LogP contribution is 2.20. The minimum absolute atomic E-state index is 0.0366. The Morgan fingerprint density at radius 3 is 2.59 bits per heavy atom. The minimum atomic E-state index is -0.378. The lowest BCUT2D eigenvalue weighted by molar-refractivity contribution is -0.0124. The molecular formula is C22H21N3O4. The molecule has 0 radical (unpaired) electrons. The molecule has 0 bridgehead atoms. The molecule has 1 fully saturated rings. The van der Waals surface area contributed by atoms with E-state index in [1.165, 1.54) is 0 Å². The van der Waals surface area contributed by atoms with E-state index in [-0.39, 0.29) is 23.6 Å². The molecule has 0 saturated carbocycles. The van der Waals surface area contributed by atoms with Gasteiger partial charge in [0.1, 0.15) is 0 Å². The summed E-state index contributed by atoms with van der Waals surface area (Å²) < 4.78 is 10.7. The number of rotatable bonds is 4. The average molecular weight is 391 g/mol. The first-order valence-electron chi connectivity index (χ1n) is 9.44. The van der Waals surface area contributed by atoms with Crippen molar-refractivity contribution in [2.24, 2.45) is 0 Å². The SMILES string of the molecule is CC1CN(C(=O)c2ccc(NC(=O)c3cc(-c4ccccc4)on3)cc2)CCO1. The Bertz CT molecular complexity index is 998. The lowest BCUT2D eigenvalue weighted by atomic mass is 10.1. The fourth-order valence-electron chi connectivity index (χ4n) is 3.20. The van der Waals surface area contributed by atoms with Crippen molar-refractivity contribution < 1.29 is 18.8 Å². The first-order valence-corrected chi connectivity index (χ1v) is 9.44. The van der Waals surface area contributed by atoms with Crippen molar-refractivity contribution >= 4 is 17.5 Å². The summed E-state index contributed by atoms with van der Waals surface area (Å²) in [6, 6.07) is 17.9. The van der Waals surface area contributed by atoms with Crippen molar-refractivity contribution in [2.75, 3.05) is 25.0 Å². The first-order chi connectivity index (χ1) is 14.1. The molecule has 1 saturated heterocycles. The summed E-state index contributed by atoms with van der Waals surface area (Å²) in [5.74, 6) is 0.107. The van der Waals surface area contributed by atoms with Crippen LogP contribution in [0.5, 0.6) is 0 Å². The molecule has 1 aromatic heterocycles. The maximum absolute atomic E-state index is 12.6. The second-order valence-electron chi connectivity index (χ2n) is 6.91. The van der Waals surface area contributed by atoms with Gasteiger partial charge in [0.15, 0.2) is 11.5 Å². The molecular weight excluding hydrogens is 370 g/mol. The number of hydrogen-bond acceptors (Lipinski definition) is 5. The van der Waals surface area contributed by atoms with Crippen LogP contribution in [0.3, 0.4) is 0 Å². The number of nitrogens with zero attached hydrogens (tertiary/aromatic N) is 2. The Hall–Kier alpha value is -3.45. The van der Waals surface area contributed by atoms with E-state index < -0.39 is 0 Å². The van der Waals surface area contributed by atoms with Crippen LogP contribution in [0.15, 0.2) is 65.2 Å². The van der Waals surface area contributed by atoms with Gasteiger partial charge in [-0.1, -0.05) is 35.5 Å². The summed E-state index contributed by atoms with van der Waals surface area (Å²) in [4.78, 5) is 26.8. The predicted octanol–water partition coefficient (Wildman–Crippen LogP) is 3.45. The number of amides is 2. The van der Waals surface area contributed by atoms with Crippen molar-refractivity contribution in [1.29, 1.82) is 0 Å². The van der Waals surface area contributed by atoms with E-state index >= 15 is 0 Å². The summed E-state index contributed by atoms with van der Waals surface area (Å²) in [6.07, 6.45) is 0.0366. The van der Waals surface area contributed by atoms with E-state index in [1.54, 1.807) is 35.2 Å². The number of anilines is 1. The van der Waals surface area contributed by atoms with Crippen LogP contribution in [0.1, 0.15) is 27.8 Å². The molecule has 7 heteroatoms. The molecule has 1 aliphatic rings. The van der Waals surface area contributed by atoms with Crippen molar-refractivity contribution in [3.05, 3.63) is 71.9 Å². The summed E-state index contributed by atoms with van der Waals surface area (Å²) in [5, 5.41) is 6.61. The molecule has 7 nitrogen and oxygen atoms in total. The van der Waals surface area contributed by atoms with Crippen LogP contribution in [0.4, 0.5) is 5.69 Å². The van der Waals surface area contributed by atoms with E-state index in [9.17, 15) is 9.59 Å². The second-order valence-corrected chi connectivity index (χ2v) is 6.91. The fourth-order valence-corrected chi connectivity index (χ4v) is 3.20. The number of benzene rings is 2. The molecule has 1 N–H and O–H groups in total. The normalized spacial score (nSPS) is 16.4. The van der Waals surface area contributed by atoms with Crippen LogP contribution in [0.25, 0.3) is 11.3 Å². The summed E-state index contributed by atoms with van der Waals surface area (Å²) >= 11 is 0. The van der Waals surface area contributed by atoms with Gasteiger partial charge in [0.25, 0.3) is 11.8 Å². The number of aromatic nitrogens is 1. The van der Waals surface area contributed by atoms with E-state index in [1.807, 2.05) is 37.3 Å². The van der Waals surface area contributed by atoms with E-state index in [4.69, 9.17) is 9.26 Å². The Labute approximate surface area is 168 Å². The fraction of sp³-hybridized carbons (Fsp3) is 0.227. The first kappa shape index (κ1) is 18.9. The van der Waals surface area contributed by atoms with Crippen LogP contribution >= 0.6 is 0 Å². The molecule has 3 aromatic rings. The van der Waals surface area contributed by atoms with Gasteiger partial charge >= 0.3 is 0 Å². The zero-order valence-corrected chi connectivity index (χ0v) is 16.0. The van der Waals surface area contributed by atoms with Gasteiger partial charge in [0.2, 0.25) is 0 Å². The van der Waals surface area contributed by atoms with Crippen LogP contribution in [-0.4, -0.2) is 47.7 Å². The van der Waals surface area contributed by atoms with E-state index in [2.05, 4.69) is 10.5 Å². The van der Waals surface area contributed by atoms with Gasteiger partial charge in [-0.15, -0.1) is 0 Å². The zero-order chi connectivity index (χ0) is 20.2. The second kappa shape index (κ2) is 8.28. The van der Waals surface area contributed by atoms with Gasteiger partial charge in [-0.25, -0.2) is 0 Å². The number of morpholine rings is 1. The van der Waals surface area contributed by atoms with Gasteiger partial charge in [-0.2, -0.15) is 0 Å². The van der Waals surface area contributed by atoms with Gasteiger partial charge in [-0.3, -0.25) is 9.59 Å². The van der Waals surface area contributed by atoms with Crippen LogP contribution in [0, 0.1) is 0 Å². The summed E-state index contributed by atoms with van der Waals surface area (Å²) in [7, 11) is 0. The lowest BCUT2D eigenvalue weighted by Gasteiger charge is -2.31. The third kappa shape index (κ3) is 4.35. The molecule has 148 valence electrons. The van der Waals surface area contributed by atoms with Crippen molar-refractivity contribution in [3.63, 3.8) is 0 Å². The molecule has 0 aliphatic carbocycles. The van der Waals surface area contributed by atoms with E-state index in [0.29, 0.717) is 36.7 Å². The lowest BCUT2D eigenvalue weighted by Crippen LogP contribution is -2.44. The topological polar surface area (TPSA) is 84.7 Å². The number of carbonyl (C=O) groups excluding carboxylic acids is 2. The zero-order valence-electron chi connectivity index (χ0n) is 16.0. The van der Waals surface area contributed by atoms with Crippen molar-refractivity contribution in [1.82, 2.24) is 10.1 Å². The van der Waals surface area contributed by atoms with E-state index in [0.717, 1.165) is 5.56 Å². The standard InChI is InChI=1S/C22H21N3O4/c1-15-14-25(11-12-28-15)22(27)17-7-9-18(10-8-17)23-21(26)19-13-20(29-24-19)16-5-3-2-4-6-16/h2-10,13,15H,11-12,14H2,1H3,(H,23,26). The molecule has 2 amide bonds. The molecule has 1 unspecified atom stereocenters. The van der Waals surface area contributed by atoms with Gasteiger partial charge in [-0.05, 0) is 31.2 Å². The largest absolute Gasteiger partial charge is 0.375 e. The van der Waals surface area contributed by atoms with Crippen LogP contribution in [-0.2, 0) is 4.74 Å². The molecule has 4 rings (SSSR count). The Balaban J connectivity index is 1.40. The third-order valence-electron chi connectivity index (χ3n) is 4.72. The number of ether oxygens (including phenoxy) is 1. The molecule has 2 aromatic carbocycles. The minimum Gasteiger partial charge on any atom is -0.375 e. The highest BCUT2D eigenvalue weighted by atomic mass is 16.5. The van der Waals surface area contributed by atoms with Crippen LogP contribution < -0.4 is 5.32 Å². The quantitative estimate of drug-likeness (QED) is 0.736. The Morgan fingerprint density at radius 1 is 1.10 bits per heavy atom. The highest BCUT2D eigenvalue weighted by molar-refractivity contribution is 6.03. The maximum Gasteiger partial charge on any atom is 0.277 e. The summed E-state index contributed by atoms with van der Waals surface area (Å²) in [5.41, 5.74) is 2.18. The van der Waals surface area contributed by atoms with Gasteiger partial charge in [0, 0.05) is 36.0 Å². The van der Waals surface area contributed by atoms with Crippen molar-refractivity contribution in [3.8, 4) is 11.3 Å². The van der Waals surface area contributed by atoms with Crippen molar-refractivity contribution in [2.45, 2.75) is 13.0 Å². The Kier molecular flexibility index (Phi) is 5.39. The summed E-state index contributed by atoms with van der Waals surface area (Å²) in [6.45, 7) is 3.65. The average Bonchev–Trinajstić information content (AvgIpc) is 3.25. The number of hydrogen-bond donors (Lipinski definition) is 1. The smallest absolute Gasteiger partial charge is 0.277 e. The molecule has 29 heavy (non-hydrogen) atoms. The molecule has 2 heterocycles. The molecule has 1 atom stereocenters. The molecule has 1 aliphatic heterocycles. The molecule has 0 spiro atoms. The van der Waals surface area contributed by atoms with Gasteiger partial charge in [0.05, 0.1) is 12.7 Å². The van der Waals surface area contributed by atoms with Gasteiger partial charge < -0.3 is 19.5 Å². The number of carbonyl (C=O) groups is 2. The number of nitrogens with one attached hydrogen (secondary N) is 1. The van der Waals surface area contributed by atoms with Crippen LogP contribution in [0.2, 0.25) is 0 Å². The maximum atomic E-state index is 12.6. The monoisotopic (exact) mass is 391 g/mol. The Morgan fingerprint density at radius 2 is 1.86 bits per heavy atom. The predicted molar refractivity (Wildman–Crippen MR) is 108 cm³/mol.